The van der Waals surface area contributed by atoms with Gasteiger partial charge in [-0.1, -0.05) is 59.8 Å². The largest absolute Gasteiger partial charge is 0.401 e. The summed E-state index contributed by atoms with van der Waals surface area (Å²) in [5.74, 6) is 0.787. The van der Waals surface area contributed by atoms with Gasteiger partial charge in [0.05, 0.1) is 6.23 Å². The lowest BCUT2D eigenvalue weighted by Gasteiger charge is -2.42. The molecule has 0 aromatic carbocycles. The van der Waals surface area contributed by atoms with Gasteiger partial charge < -0.3 is 4.43 Å². The van der Waals surface area contributed by atoms with Gasteiger partial charge in [0.15, 0.2) is 8.32 Å². The maximum Gasteiger partial charge on any atom is 0.194 e. The Morgan fingerprint density at radius 2 is 1.41 bits per heavy atom. The predicted octanol–water partition coefficient (Wildman–Crippen LogP) is 6.04. The molecule has 2 nitrogen and oxygen atoms in total. The van der Waals surface area contributed by atoms with E-state index < -0.39 is 8.32 Å². The molecule has 0 aromatic rings. The van der Waals surface area contributed by atoms with Crippen molar-refractivity contribution in [3.63, 3.8) is 0 Å². The van der Waals surface area contributed by atoms with Crippen LogP contribution in [0.5, 0.6) is 0 Å². The molecule has 2 unspecified atom stereocenters. The van der Waals surface area contributed by atoms with E-state index in [1.165, 1.54) is 57.9 Å². The van der Waals surface area contributed by atoms with E-state index in [1.54, 1.807) is 0 Å². The van der Waals surface area contributed by atoms with Gasteiger partial charge in [-0.3, -0.25) is 4.90 Å². The van der Waals surface area contributed by atoms with E-state index in [0.29, 0.717) is 11.3 Å². The van der Waals surface area contributed by atoms with Gasteiger partial charge >= 0.3 is 0 Å². The van der Waals surface area contributed by atoms with Crippen LogP contribution in [0.4, 0.5) is 0 Å². The van der Waals surface area contributed by atoms with Crippen LogP contribution in [-0.4, -0.2) is 33.0 Å². The average molecular weight is 328 g/mol. The summed E-state index contributed by atoms with van der Waals surface area (Å²) in [5.41, 5.74) is 0. The highest BCUT2D eigenvalue weighted by Gasteiger charge is 2.39. The van der Waals surface area contributed by atoms with Crippen molar-refractivity contribution in [1.29, 1.82) is 0 Å². The molecule has 0 bridgehead atoms. The second kappa shape index (κ2) is 8.84. The third kappa shape index (κ3) is 6.72. The van der Waals surface area contributed by atoms with Gasteiger partial charge in [-0.2, -0.15) is 0 Å². The van der Waals surface area contributed by atoms with E-state index >= 15 is 0 Å². The van der Waals surface area contributed by atoms with Gasteiger partial charge in [-0.25, -0.2) is 0 Å². The molecule has 22 heavy (non-hydrogen) atoms. The highest BCUT2D eigenvalue weighted by Crippen LogP contribution is 2.38. The molecule has 132 valence electrons. The Bertz CT molecular complexity index is 311. The Morgan fingerprint density at radius 1 is 0.909 bits per heavy atom. The molecule has 0 aromatic heterocycles. The van der Waals surface area contributed by atoms with Crippen molar-refractivity contribution >= 4 is 8.32 Å². The van der Waals surface area contributed by atoms with E-state index in [-0.39, 0.29) is 0 Å². The molecule has 1 aliphatic rings. The molecule has 3 heteroatoms. The third-order valence-corrected chi connectivity index (χ3v) is 10.2. The molecule has 0 radical (unpaired) electrons. The molecule has 1 heterocycles. The first-order chi connectivity index (χ1) is 10.1. The SMILES string of the molecule is CC1CCCCCCCCC(O[Si](C)(C)C(C)(C)C)N(C)C1. The molecule has 2 atom stereocenters. The lowest BCUT2D eigenvalue weighted by Crippen LogP contribution is -2.49. The van der Waals surface area contributed by atoms with E-state index in [4.69, 9.17) is 4.43 Å². The van der Waals surface area contributed by atoms with Crippen molar-refractivity contribution in [2.24, 2.45) is 5.92 Å². The van der Waals surface area contributed by atoms with Crippen LogP contribution in [0.15, 0.2) is 0 Å². The first kappa shape index (κ1) is 20.2. The van der Waals surface area contributed by atoms with Gasteiger partial charge in [0.2, 0.25) is 0 Å². The summed E-state index contributed by atoms with van der Waals surface area (Å²) in [7, 11) is 0.590. The Hall–Kier alpha value is 0.137. The Kier molecular flexibility index (Phi) is 8.11. The first-order valence-corrected chi connectivity index (χ1v) is 12.4. The van der Waals surface area contributed by atoms with Gasteiger partial charge in [0.1, 0.15) is 0 Å². The zero-order valence-electron chi connectivity index (χ0n) is 16.4. The van der Waals surface area contributed by atoms with Crippen LogP contribution in [0.2, 0.25) is 18.1 Å². The molecular weight excluding hydrogens is 286 g/mol. The van der Waals surface area contributed by atoms with E-state index in [0.717, 1.165) is 5.92 Å². The van der Waals surface area contributed by atoms with Crippen molar-refractivity contribution < 1.29 is 4.43 Å². The summed E-state index contributed by atoms with van der Waals surface area (Å²) < 4.78 is 6.77. The van der Waals surface area contributed by atoms with Gasteiger partial charge in [0.25, 0.3) is 0 Å². The molecule has 0 N–H and O–H groups in total. The smallest absolute Gasteiger partial charge is 0.194 e. The van der Waals surface area contributed by atoms with Crippen LogP contribution >= 0.6 is 0 Å². The number of nitrogens with zero attached hydrogens (tertiary/aromatic N) is 1. The van der Waals surface area contributed by atoms with Crippen LogP contribution in [0, 0.1) is 5.92 Å². The summed E-state index contributed by atoms with van der Waals surface area (Å²) in [5, 5.41) is 0.295. The van der Waals surface area contributed by atoms with Crippen molar-refractivity contribution in [2.45, 2.75) is 103 Å². The summed E-state index contributed by atoms with van der Waals surface area (Å²) in [6.45, 7) is 15.4. The molecular formula is C19H41NOSi. The Balaban J connectivity index is 2.72. The zero-order chi connectivity index (χ0) is 16.8. The van der Waals surface area contributed by atoms with Gasteiger partial charge in [0, 0.05) is 6.54 Å². The van der Waals surface area contributed by atoms with Crippen molar-refractivity contribution in [2.75, 3.05) is 13.6 Å². The summed E-state index contributed by atoms with van der Waals surface area (Å²) in [6.07, 6.45) is 11.3. The molecule has 1 saturated heterocycles. The summed E-state index contributed by atoms with van der Waals surface area (Å²) in [4.78, 5) is 2.51. The van der Waals surface area contributed by atoms with Crippen LogP contribution < -0.4 is 0 Å². The molecule has 0 saturated carbocycles. The molecule has 0 spiro atoms. The number of hydrogen-bond donors (Lipinski definition) is 0. The summed E-state index contributed by atoms with van der Waals surface area (Å²) >= 11 is 0. The zero-order valence-corrected chi connectivity index (χ0v) is 17.4. The highest BCUT2D eigenvalue weighted by atomic mass is 28.4. The van der Waals surface area contributed by atoms with Crippen molar-refractivity contribution in [3.05, 3.63) is 0 Å². The maximum absolute atomic E-state index is 6.77. The minimum atomic E-state index is -1.69. The van der Waals surface area contributed by atoms with Gasteiger partial charge in [-0.05, 0) is 50.4 Å². The Labute approximate surface area is 141 Å². The monoisotopic (exact) mass is 327 g/mol. The normalized spacial score (nSPS) is 28.0. The minimum absolute atomic E-state index is 0.295. The van der Waals surface area contributed by atoms with Crippen molar-refractivity contribution in [1.82, 2.24) is 4.90 Å². The fraction of sp³-hybridized carbons (Fsp3) is 1.00. The predicted molar refractivity (Wildman–Crippen MR) is 101 cm³/mol. The molecule has 1 rings (SSSR count). The quantitative estimate of drug-likeness (QED) is 0.573. The molecule has 0 amide bonds. The minimum Gasteiger partial charge on any atom is -0.401 e. The van der Waals surface area contributed by atoms with Crippen molar-refractivity contribution in [3.8, 4) is 0 Å². The van der Waals surface area contributed by atoms with E-state index in [9.17, 15) is 0 Å². The first-order valence-electron chi connectivity index (χ1n) is 9.51. The summed E-state index contributed by atoms with van der Waals surface area (Å²) in [6, 6.07) is 0. The van der Waals surface area contributed by atoms with E-state index in [2.05, 4.69) is 52.7 Å². The van der Waals surface area contributed by atoms with Crippen LogP contribution in [-0.2, 0) is 4.43 Å². The highest BCUT2D eigenvalue weighted by molar-refractivity contribution is 6.74. The lowest BCUT2D eigenvalue weighted by molar-refractivity contribution is 0.0147. The Morgan fingerprint density at radius 3 is 1.95 bits per heavy atom. The van der Waals surface area contributed by atoms with Crippen LogP contribution in [0.1, 0.15) is 79.1 Å². The van der Waals surface area contributed by atoms with Gasteiger partial charge in [-0.15, -0.1) is 0 Å². The second-order valence-corrected chi connectivity index (χ2v) is 13.8. The fourth-order valence-electron chi connectivity index (χ4n) is 3.11. The number of hydrogen-bond acceptors (Lipinski definition) is 2. The second-order valence-electron chi connectivity index (χ2n) is 9.08. The van der Waals surface area contributed by atoms with Crippen LogP contribution in [0.25, 0.3) is 0 Å². The molecule has 1 fully saturated rings. The molecule has 1 aliphatic heterocycles. The van der Waals surface area contributed by atoms with E-state index in [1.807, 2.05) is 0 Å². The standard InChI is InChI=1S/C19H41NOSi/c1-17-14-12-10-8-9-11-13-15-18(20(5)16-17)21-22(6,7)19(2,3)4/h17-18H,8-16H2,1-7H3. The average Bonchev–Trinajstić information content (AvgIpc) is 2.37. The fourth-order valence-corrected chi connectivity index (χ4v) is 4.44. The number of rotatable bonds is 2. The topological polar surface area (TPSA) is 12.5 Å². The molecule has 0 aliphatic carbocycles. The lowest BCUT2D eigenvalue weighted by atomic mass is 9.99. The van der Waals surface area contributed by atoms with Crippen LogP contribution in [0.3, 0.4) is 0 Å². The maximum atomic E-state index is 6.77. The third-order valence-electron chi connectivity index (χ3n) is 5.73.